The number of rotatable bonds is 0. The normalized spacial score (nSPS) is 17.3. The molecule has 7 heteroatoms. The van der Waals surface area contributed by atoms with Gasteiger partial charge in [-0.3, -0.25) is 0 Å². The largest absolute Gasteiger partial charge is 0.444 e. The van der Waals surface area contributed by atoms with Crippen molar-refractivity contribution < 1.29 is 27.1 Å². The van der Waals surface area contributed by atoms with Crippen LogP contribution in [0.5, 0.6) is 0 Å². The molecule has 0 aromatic heterocycles. The molecule has 0 unspecified atom stereocenters. The number of carbonyl (C=O) groups excluding carboxylic acids is 1. The van der Waals surface area contributed by atoms with Gasteiger partial charge in [-0.2, -0.15) is 13.2 Å². The van der Waals surface area contributed by atoms with E-state index in [1.165, 1.54) is 17.0 Å². The van der Waals surface area contributed by atoms with Crippen LogP contribution in [0.1, 0.15) is 44.7 Å². The van der Waals surface area contributed by atoms with Crippen LogP contribution in [0.25, 0.3) is 0 Å². The van der Waals surface area contributed by atoms with Gasteiger partial charge in [-0.15, -0.1) is 0 Å². The standard InChI is InChI=1S/C19H21F4NO2/c1-17(2,3)26-16(25)24-12-10-18(20,11-13-24)9-8-14-4-6-15(7-5-14)19(21,22)23/h4-7H,10-13H2,1-3H3. The van der Waals surface area contributed by atoms with Crippen molar-refractivity contribution in [1.29, 1.82) is 0 Å². The molecule has 0 spiro atoms. The Bertz CT molecular complexity index is 700. The fraction of sp³-hybridized carbons (Fsp3) is 0.526. The van der Waals surface area contributed by atoms with Gasteiger partial charge in [-0.25, -0.2) is 9.18 Å². The van der Waals surface area contributed by atoms with Crippen LogP contribution in [0.2, 0.25) is 0 Å². The average molecular weight is 371 g/mol. The first kappa shape index (κ1) is 20.1. The smallest absolute Gasteiger partial charge is 0.416 e. The van der Waals surface area contributed by atoms with E-state index in [1.807, 2.05) is 0 Å². The van der Waals surface area contributed by atoms with Crippen molar-refractivity contribution >= 4 is 6.09 Å². The van der Waals surface area contributed by atoms with Crippen molar-refractivity contribution in [2.45, 2.75) is 51.1 Å². The Hall–Kier alpha value is -2.23. The van der Waals surface area contributed by atoms with Gasteiger partial charge in [-0.05, 0) is 45.0 Å². The van der Waals surface area contributed by atoms with E-state index in [0.29, 0.717) is 5.56 Å². The van der Waals surface area contributed by atoms with Crippen LogP contribution < -0.4 is 0 Å². The Labute approximate surface area is 150 Å². The molecule has 1 aliphatic heterocycles. The zero-order valence-electron chi connectivity index (χ0n) is 14.9. The zero-order chi connectivity index (χ0) is 19.6. The third kappa shape index (κ3) is 5.65. The fourth-order valence-corrected chi connectivity index (χ4v) is 2.42. The fourth-order valence-electron chi connectivity index (χ4n) is 2.42. The number of nitrogens with zero attached hydrogens (tertiary/aromatic N) is 1. The van der Waals surface area contributed by atoms with Crippen LogP contribution in [-0.4, -0.2) is 35.4 Å². The third-order valence-corrected chi connectivity index (χ3v) is 3.85. The van der Waals surface area contributed by atoms with Gasteiger partial charge in [0.05, 0.1) is 5.56 Å². The molecule has 0 aliphatic carbocycles. The molecule has 3 nitrogen and oxygen atoms in total. The third-order valence-electron chi connectivity index (χ3n) is 3.85. The van der Waals surface area contributed by atoms with Crippen molar-refractivity contribution in [2.75, 3.05) is 13.1 Å². The summed E-state index contributed by atoms with van der Waals surface area (Å²) in [5.74, 6) is 5.09. The highest BCUT2D eigenvalue weighted by Gasteiger charge is 2.36. The predicted molar refractivity (Wildman–Crippen MR) is 89.2 cm³/mol. The topological polar surface area (TPSA) is 29.5 Å². The molecule has 1 saturated heterocycles. The number of carbonyl (C=O) groups is 1. The van der Waals surface area contributed by atoms with Gasteiger partial charge in [-0.1, -0.05) is 11.8 Å². The molecule has 142 valence electrons. The number of hydrogen-bond acceptors (Lipinski definition) is 2. The molecule has 0 bridgehead atoms. The number of alkyl halides is 4. The second kappa shape index (κ2) is 7.18. The second-order valence-corrected chi connectivity index (χ2v) is 7.26. The first-order valence-electron chi connectivity index (χ1n) is 8.25. The molecule has 1 fully saturated rings. The molecule has 0 atom stereocenters. The van der Waals surface area contributed by atoms with Crippen molar-refractivity contribution in [3.8, 4) is 11.8 Å². The van der Waals surface area contributed by atoms with Gasteiger partial charge in [0.15, 0.2) is 5.67 Å². The SMILES string of the molecule is CC(C)(C)OC(=O)N1CCC(F)(C#Cc2ccc(C(F)(F)F)cc2)CC1. The lowest BCUT2D eigenvalue weighted by atomic mass is 9.93. The maximum absolute atomic E-state index is 14.8. The van der Waals surface area contributed by atoms with Crippen LogP contribution >= 0.6 is 0 Å². The predicted octanol–water partition coefficient (Wildman–Crippen LogP) is 4.80. The van der Waals surface area contributed by atoms with Gasteiger partial charge in [0.25, 0.3) is 0 Å². The van der Waals surface area contributed by atoms with Crippen LogP contribution in [0.15, 0.2) is 24.3 Å². The molecule has 26 heavy (non-hydrogen) atoms. The number of likely N-dealkylation sites (tertiary alicyclic amines) is 1. The highest BCUT2D eigenvalue weighted by atomic mass is 19.4. The summed E-state index contributed by atoms with van der Waals surface area (Å²) in [7, 11) is 0. The summed E-state index contributed by atoms with van der Waals surface area (Å²) in [6, 6.07) is 4.27. The van der Waals surface area contributed by atoms with E-state index < -0.39 is 29.1 Å². The summed E-state index contributed by atoms with van der Waals surface area (Å²) < 4.78 is 57.6. The van der Waals surface area contributed by atoms with E-state index in [2.05, 4.69) is 11.8 Å². The number of hydrogen-bond donors (Lipinski definition) is 0. The molecule has 0 saturated carbocycles. The van der Waals surface area contributed by atoms with E-state index in [9.17, 15) is 22.4 Å². The molecular weight excluding hydrogens is 350 g/mol. The van der Waals surface area contributed by atoms with Crippen LogP contribution in [-0.2, 0) is 10.9 Å². The molecule has 2 rings (SSSR count). The minimum absolute atomic E-state index is 0.0277. The summed E-state index contributed by atoms with van der Waals surface area (Å²) in [6.07, 6.45) is -4.85. The summed E-state index contributed by atoms with van der Waals surface area (Å²) in [5.41, 5.74) is -2.86. The van der Waals surface area contributed by atoms with Crippen molar-refractivity contribution in [1.82, 2.24) is 4.90 Å². The summed E-state index contributed by atoms with van der Waals surface area (Å²) in [4.78, 5) is 13.4. The molecule has 1 aliphatic rings. The molecule has 1 aromatic carbocycles. The Kier molecular flexibility index (Phi) is 5.55. The van der Waals surface area contributed by atoms with Gasteiger partial charge in [0, 0.05) is 31.5 Å². The van der Waals surface area contributed by atoms with Gasteiger partial charge < -0.3 is 9.64 Å². The average Bonchev–Trinajstić information content (AvgIpc) is 2.51. The first-order valence-corrected chi connectivity index (χ1v) is 8.25. The molecule has 0 radical (unpaired) electrons. The Morgan fingerprint density at radius 1 is 1.12 bits per heavy atom. The van der Waals surface area contributed by atoms with Crippen molar-refractivity contribution in [3.63, 3.8) is 0 Å². The van der Waals surface area contributed by atoms with E-state index in [1.54, 1.807) is 20.8 Å². The highest BCUT2D eigenvalue weighted by molar-refractivity contribution is 5.68. The summed E-state index contributed by atoms with van der Waals surface area (Å²) in [6.45, 7) is 5.61. The highest BCUT2D eigenvalue weighted by Crippen LogP contribution is 2.29. The second-order valence-electron chi connectivity index (χ2n) is 7.26. The number of halogens is 4. The van der Waals surface area contributed by atoms with Crippen LogP contribution in [0.4, 0.5) is 22.4 Å². The van der Waals surface area contributed by atoms with E-state index in [-0.39, 0.29) is 25.9 Å². The van der Waals surface area contributed by atoms with Gasteiger partial charge in [0.1, 0.15) is 5.60 Å². The molecule has 0 N–H and O–H groups in total. The minimum Gasteiger partial charge on any atom is -0.444 e. The first-order chi connectivity index (χ1) is 11.9. The molecule has 1 amide bonds. The maximum atomic E-state index is 14.8. The zero-order valence-corrected chi connectivity index (χ0v) is 14.9. The Morgan fingerprint density at radius 2 is 1.65 bits per heavy atom. The van der Waals surface area contributed by atoms with E-state index in [0.717, 1.165) is 12.1 Å². The molecule has 1 heterocycles. The van der Waals surface area contributed by atoms with Crippen molar-refractivity contribution in [3.05, 3.63) is 35.4 Å². The number of benzene rings is 1. The number of piperidine rings is 1. The maximum Gasteiger partial charge on any atom is 0.416 e. The quantitative estimate of drug-likeness (QED) is 0.484. The van der Waals surface area contributed by atoms with Gasteiger partial charge >= 0.3 is 12.3 Å². The summed E-state index contributed by atoms with van der Waals surface area (Å²) >= 11 is 0. The number of amides is 1. The Balaban J connectivity index is 1.98. The van der Waals surface area contributed by atoms with Gasteiger partial charge in [0.2, 0.25) is 0 Å². The van der Waals surface area contributed by atoms with Crippen LogP contribution in [0, 0.1) is 11.8 Å². The lowest BCUT2D eigenvalue weighted by Gasteiger charge is -2.34. The van der Waals surface area contributed by atoms with Crippen LogP contribution in [0.3, 0.4) is 0 Å². The molecule has 1 aromatic rings. The van der Waals surface area contributed by atoms with E-state index >= 15 is 0 Å². The Morgan fingerprint density at radius 3 is 2.12 bits per heavy atom. The number of ether oxygens (including phenoxy) is 1. The van der Waals surface area contributed by atoms with E-state index in [4.69, 9.17) is 4.74 Å². The minimum atomic E-state index is -4.41. The summed E-state index contributed by atoms with van der Waals surface area (Å²) in [5, 5.41) is 0. The van der Waals surface area contributed by atoms with Crippen molar-refractivity contribution in [2.24, 2.45) is 0 Å². The monoisotopic (exact) mass is 371 g/mol. The molecular formula is C19H21F4NO2. The lowest BCUT2D eigenvalue weighted by Crippen LogP contribution is -2.45. The lowest BCUT2D eigenvalue weighted by molar-refractivity contribution is -0.137.